The molecule has 0 aromatic carbocycles. The Morgan fingerprint density at radius 3 is 2.73 bits per heavy atom. The standard InChI is InChI=1S/C12H21N3/c1-4-6-14-12-9(3)7-10(8-15-12)11(13)5-2/h7-8,11H,4-6,13H2,1-3H3,(H,14,15)/t11-/m1/s1. The monoisotopic (exact) mass is 207 g/mol. The van der Waals surface area contributed by atoms with E-state index < -0.39 is 0 Å². The maximum atomic E-state index is 5.95. The zero-order valence-corrected chi connectivity index (χ0v) is 9.88. The Morgan fingerprint density at radius 2 is 2.20 bits per heavy atom. The molecule has 3 N–H and O–H groups in total. The number of aryl methyl sites for hydroxylation is 1. The van der Waals surface area contributed by atoms with Gasteiger partial charge in [-0.3, -0.25) is 0 Å². The highest BCUT2D eigenvalue weighted by atomic mass is 15.0. The molecule has 0 spiro atoms. The van der Waals surface area contributed by atoms with Gasteiger partial charge in [-0.25, -0.2) is 4.98 Å². The molecular formula is C12H21N3. The molecule has 0 aliphatic carbocycles. The molecule has 1 rings (SSSR count). The molecule has 1 heterocycles. The minimum absolute atomic E-state index is 0.108. The van der Waals surface area contributed by atoms with Crippen LogP contribution in [-0.4, -0.2) is 11.5 Å². The Hall–Kier alpha value is -1.09. The van der Waals surface area contributed by atoms with Crippen molar-refractivity contribution in [1.29, 1.82) is 0 Å². The number of nitrogens with one attached hydrogen (secondary N) is 1. The van der Waals surface area contributed by atoms with Crippen molar-refractivity contribution < 1.29 is 0 Å². The number of hydrogen-bond donors (Lipinski definition) is 2. The molecule has 1 aromatic rings. The molecule has 0 bridgehead atoms. The third kappa shape index (κ3) is 3.20. The van der Waals surface area contributed by atoms with Gasteiger partial charge in [0.2, 0.25) is 0 Å². The molecule has 0 saturated heterocycles. The number of hydrogen-bond acceptors (Lipinski definition) is 3. The van der Waals surface area contributed by atoms with Gasteiger partial charge in [-0.1, -0.05) is 13.8 Å². The third-order valence-corrected chi connectivity index (χ3v) is 2.51. The van der Waals surface area contributed by atoms with Gasteiger partial charge in [-0.15, -0.1) is 0 Å². The molecule has 1 aromatic heterocycles. The summed E-state index contributed by atoms with van der Waals surface area (Å²) >= 11 is 0. The molecular weight excluding hydrogens is 186 g/mol. The SMILES string of the molecule is CCCNc1ncc([C@H](N)CC)cc1C. The third-order valence-electron chi connectivity index (χ3n) is 2.51. The molecule has 0 amide bonds. The molecule has 3 nitrogen and oxygen atoms in total. The summed E-state index contributed by atoms with van der Waals surface area (Å²) in [7, 11) is 0. The predicted molar refractivity (Wildman–Crippen MR) is 65.0 cm³/mol. The van der Waals surface area contributed by atoms with Crippen LogP contribution in [0, 0.1) is 6.92 Å². The fraction of sp³-hybridized carbons (Fsp3) is 0.583. The average molecular weight is 207 g/mol. The minimum Gasteiger partial charge on any atom is -0.370 e. The van der Waals surface area contributed by atoms with Crippen LogP contribution in [0.5, 0.6) is 0 Å². The van der Waals surface area contributed by atoms with Gasteiger partial charge in [0.15, 0.2) is 0 Å². The maximum Gasteiger partial charge on any atom is 0.128 e. The van der Waals surface area contributed by atoms with Gasteiger partial charge in [0, 0.05) is 18.8 Å². The average Bonchev–Trinajstić information content (AvgIpc) is 2.26. The van der Waals surface area contributed by atoms with Crippen LogP contribution in [0.25, 0.3) is 0 Å². The van der Waals surface area contributed by atoms with Crippen molar-refractivity contribution in [1.82, 2.24) is 4.98 Å². The van der Waals surface area contributed by atoms with Crippen molar-refractivity contribution in [3.8, 4) is 0 Å². The minimum atomic E-state index is 0.108. The first-order valence-electron chi connectivity index (χ1n) is 5.65. The molecule has 0 radical (unpaired) electrons. The van der Waals surface area contributed by atoms with E-state index in [1.54, 1.807) is 0 Å². The lowest BCUT2D eigenvalue weighted by molar-refractivity contribution is 0.694. The van der Waals surface area contributed by atoms with E-state index >= 15 is 0 Å². The summed E-state index contributed by atoms with van der Waals surface area (Å²) in [5.74, 6) is 0.976. The van der Waals surface area contributed by atoms with Crippen molar-refractivity contribution in [2.45, 2.75) is 39.7 Å². The number of nitrogens with zero attached hydrogens (tertiary/aromatic N) is 1. The summed E-state index contributed by atoms with van der Waals surface area (Å²) in [6.45, 7) is 7.26. The van der Waals surface area contributed by atoms with Crippen LogP contribution in [-0.2, 0) is 0 Å². The van der Waals surface area contributed by atoms with Crippen molar-refractivity contribution in [2.75, 3.05) is 11.9 Å². The molecule has 0 fully saturated rings. The van der Waals surface area contributed by atoms with Crippen molar-refractivity contribution in [3.05, 3.63) is 23.4 Å². The Labute approximate surface area is 92.1 Å². The summed E-state index contributed by atoms with van der Waals surface area (Å²) in [6.07, 6.45) is 3.93. The number of nitrogens with two attached hydrogens (primary N) is 1. The second kappa shape index (κ2) is 5.71. The van der Waals surface area contributed by atoms with Gasteiger partial charge in [0.25, 0.3) is 0 Å². The van der Waals surface area contributed by atoms with Gasteiger partial charge in [0.1, 0.15) is 5.82 Å². The quantitative estimate of drug-likeness (QED) is 0.780. The van der Waals surface area contributed by atoms with Gasteiger partial charge in [0.05, 0.1) is 0 Å². The van der Waals surface area contributed by atoms with Crippen molar-refractivity contribution >= 4 is 5.82 Å². The Morgan fingerprint density at radius 1 is 1.47 bits per heavy atom. The first kappa shape index (κ1) is 12.0. The van der Waals surface area contributed by atoms with E-state index in [1.165, 1.54) is 5.56 Å². The summed E-state index contributed by atoms with van der Waals surface area (Å²) in [4.78, 5) is 4.39. The van der Waals surface area contributed by atoms with Gasteiger partial charge >= 0.3 is 0 Å². The number of rotatable bonds is 5. The number of pyridine rings is 1. The number of aromatic nitrogens is 1. The Bertz CT molecular complexity index is 310. The summed E-state index contributed by atoms with van der Waals surface area (Å²) in [6, 6.07) is 2.23. The Balaban J connectivity index is 2.78. The highest BCUT2D eigenvalue weighted by Crippen LogP contribution is 2.18. The zero-order chi connectivity index (χ0) is 11.3. The van der Waals surface area contributed by atoms with Crippen LogP contribution in [0.4, 0.5) is 5.82 Å². The molecule has 1 atom stereocenters. The maximum absolute atomic E-state index is 5.95. The van der Waals surface area contributed by atoms with Crippen LogP contribution >= 0.6 is 0 Å². The van der Waals surface area contributed by atoms with Gasteiger partial charge < -0.3 is 11.1 Å². The zero-order valence-electron chi connectivity index (χ0n) is 9.88. The molecule has 0 unspecified atom stereocenters. The lowest BCUT2D eigenvalue weighted by atomic mass is 10.1. The predicted octanol–water partition coefficient (Wildman–Crippen LogP) is 2.62. The second-order valence-electron chi connectivity index (χ2n) is 3.88. The molecule has 3 heteroatoms. The highest BCUT2D eigenvalue weighted by molar-refractivity contribution is 5.44. The van der Waals surface area contributed by atoms with Crippen LogP contribution in [0.3, 0.4) is 0 Å². The van der Waals surface area contributed by atoms with E-state index in [9.17, 15) is 0 Å². The summed E-state index contributed by atoms with van der Waals surface area (Å²) in [5.41, 5.74) is 8.25. The van der Waals surface area contributed by atoms with Crippen molar-refractivity contribution in [2.24, 2.45) is 5.73 Å². The molecule has 15 heavy (non-hydrogen) atoms. The fourth-order valence-corrected chi connectivity index (χ4v) is 1.46. The van der Waals surface area contributed by atoms with E-state index in [1.807, 2.05) is 6.20 Å². The molecule has 0 aliphatic heterocycles. The van der Waals surface area contributed by atoms with E-state index in [-0.39, 0.29) is 6.04 Å². The smallest absolute Gasteiger partial charge is 0.128 e. The van der Waals surface area contributed by atoms with Crippen LogP contribution < -0.4 is 11.1 Å². The first-order valence-corrected chi connectivity index (χ1v) is 5.65. The van der Waals surface area contributed by atoms with E-state index in [2.05, 4.69) is 37.1 Å². The van der Waals surface area contributed by atoms with Crippen molar-refractivity contribution in [3.63, 3.8) is 0 Å². The molecule has 0 saturated carbocycles. The Kier molecular flexibility index (Phi) is 4.56. The summed E-state index contributed by atoms with van der Waals surface area (Å²) < 4.78 is 0. The lowest BCUT2D eigenvalue weighted by Crippen LogP contribution is -2.11. The van der Waals surface area contributed by atoms with E-state index in [0.717, 1.165) is 30.8 Å². The largest absolute Gasteiger partial charge is 0.370 e. The number of anilines is 1. The lowest BCUT2D eigenvalue weighted by Gasteiger charge is -2.12. The highest BCUT2D eigenvalue weighted by Gasteiger charge is 2.06. The fourth-order valence-electron chi connectivity index (χ4n) is 1.46. The normalized spacial score (nSPS) is 12.5. The van der Waals surface area contributed by atoms with Gasteiger partial charge in [-0.05, 0) is 37.0 Å². The van der Waals surface area contributed by atoms with Crippen LogP contribution in [0.2, 0.25) is 0 Å². The summed E-state index contributed by atoms with van der Waals surface area (Å²) in [5, 5.41) is 3.29. The van der Waals surface area contributed by atoms with Gasteiger partial charge in [-0.2, -0.15) is 0 Å². The van der Waals surface area contributed by atoms with E-state index in [4.69, 9.17) is 5.73 Å². The molecule has 84 valence electrons. The van der Waals surface area contributed by atoms with E-state index in [0.29, 0.717) is 0 Å². The van der Waals surface area contributed by atoms with Crippen LogP contribution in [0.15, 0.2) is 12.3 Å². The second-order valence-corrected chi connectivity index (χ2v) is 3.88. The first-order chi connectivity index (χ1) is 7.19. The topological polar surface area (TPSA) is 50.9 Å². The molecule has 0 aliphatic rings. The van der Waals surface area contributed by atoms with Crippen LogP contribution in [0.1, 0.15) is 43.9 Å².